The summed E-state index contributed by atoms with van der Waals surface area (Å²) in [6.07, 6.45) is 3.40. The molecule has 7 heteroatoms. The molecule has 0 fully saturated rings. The smallest absolute Gasteiger partial charge is 0.224 e. The first-order valence-electron chi connectivity index (χ1n) is 6.52. The van der Waals surface area contributed by atoms with Crippen LogP contribution in [-0.4, -0.2) is 32.6 Å². The molecule has 0 bridgehead atoms. The van der Waals surface area contributed by atoms with Crippen LogP contribution in [0.5, 0.6) is 0 Å². The van der Waals surface area contributed by atoms with Crippen LogP contribution in [-0.2, 0) is 11.3 Å². The predicted molar refractivity (Wildman–Crippen MR) is 82.3 cm³/mol. The average Bonchev–Trinajstić information content (AvgIpc) is 2.96. The SMILES string of the molecule is C[C@H](c1ccc(Cl)cc1Cl)N(C)C(=O)CCn1cncn1. The van der Waals surface area contributed by atoms with Gasteiger partial charge in [0.1, 0.15) is 12.7 Å². The average molecular weight is 327 g/mol. The standard InChI is InChI=1S/C14H16Cl2N4O/c1-10(12-4-3-11(15)7-13(12)16)19(2)14(21)5-6-20-9-17-8-18-20/h3-4,7-10H,5-6H2,1-2H3/t10-/m1/s1. The summed E-state index contributed by atoms with van der Waals surface area (Å²) in [7, 11) is 1.76. The third kappa shape index (κ3) is 3.95. The van der Waals surface area contributed by atoms with Gasteiger partial charge in [0.2, 0.25) is 5.91 Å². The maximum absolute atomic E-state index is 12.2. The second kappa shape index (κ2) is 6.91. The number of benzene rings is 1. The van der Waals surface area contributed by atoms with E-state index in [1.165, 1.54) is 6.33 Å². The van der Waals surface area contributed by atoms with Gasteiger partial charge in [-0.1, -0.05) is 29.3 Å². The van der Waals surface area contributed by atoms with Gasteiger partial charge in [0, 0.05) is 23.5 Å². The number of carbonyl (C=O) groups is 1. The Hall–Kier alpha value is -1.59. The van der Waals surface area contributed by atoms with Gasteiger partial charge in [0.05, 0.1) is 12.6 Å². The van der Waals surface area contributed by atoms with Crippen LogP contribution in [0.25, 0.3) is 0 Å². The van der Waals surface area contributed by atoms with Crippen LogP contribution in [0.4, 0.5) is 0 Å². The summed E-state index contributed by atoms with van der Waals surface area (Å²) >= 11 is 12.1. The molecule has 0 spiro atoms. The van der Waals surface area contributed by atoms with Crippen molar-refractivity contribution in [2.24, 2.45) is 0 Å². The number of aryl methyl sites for hydroxylation is 1. The molecule has 0 saturated heterocycles. The van der Waals surface area contributed by atoms with Crippen LogP contribution in [0.3, 0.4) is 0 Å². The Bertz CT molecular complexity index is 615. The second-order valence-electron chi connectivity index (χ2n) is 4.76. The first-order chi connectivity index (χ1) is 9.99. The van der Waals surface area contributed by atoms with E-state index in [0.29, 0.717) is 23.0 Å². The Labute approximate surface area is 133 Å². The van der Waals surface area contributed by atoms with Crippen LogP contribution in [0.15, 0.2) is 30.9 Å². The Kier molecular flexibility index (Phi) is 5.20. The van der Waals surface area contributed by atoms with Crippen LogP contribution in [0, 0.1) is 0 Å². The van der Waals surface area contributed by atoms with Crippen molar-refractivity contribution in [3.63, 3.8) is 0 Å². The van der Waals surface area contributed by atoms with Gasteiger partial charge >= 0.3 is 0 Å². The topological polar surface area (TPSA) is 51.0 Å². The summed E-state index contributed by atoms with van der Waals surface area (Å²) in [5, 5.41) is 5.11. The molecule has 0 radical (unpaired) electrons. The lowest BCUT2D eigenvalue weighted by Crippen LogP contribution is -2.30. The quantitative estimate of drug-likeness (QED) is 0.847. The third-order valence-electron chi connectivity index (χ3n) is 3.41. The number of halogens is 2. The van der Waals surface area contributed by atoms with Crippen LogP contribution in [0.1, 0.15) is 24.9 Å². The molecule has 21 heavy (non-hydrogen) atoms. The molecule has 0 aliphatic heterocycles. The minimum atomic E-state index is -0.127. The van der Waals surface area contributed by atoms with Crippen molar-refractivity contribution in [3.8, 4) is 0 Å². The van der Waals surface area contributed by atoms with Crippen LogP contribution in [0.2, 0.25) is 10.0 Å². The zero-order chi connectivity index (χ0) is 15.4. The fraction of sp³-hybridized carbons (Fsp3) is 0.357. The molecular weight excluding hydrogens is 311 g/mol. The number of hydrogen-bond donors (Lipinski definition) is 0. The molecule has 1 amide bonds. The molecule has 112 valence electrons. The van der Waals surface area contributed by atoms with Gasteiger partial charge in [0.25, 0.3) is 0 Å². The van der Waals surface area contributed by atoms with Crippen molar-refractivity contribution in [2.75, 3.05) is 7.05 Å². The normalized spacial score (nSPS) is 12.2. The lowest BCUT2D eigenvalue weighted by atomic mass is 10.1. The van der Waals surface area contributed by atoms with E-state index in [9.17, 15) is 4.79 Å². The summed E-state index contributed by atoms with van der Waals surface area (Å²) in [5.74, 6) is 0.0176. The molecule has 0 aliphatic carbocycles. The van der Waals surface area contributed by atoms with E-state index >= 15 is 0 Å². The zero-order valence-corrected chi connectivity index (χ0v) is 13.3. The van der Waals surface area contributed by atoms with Gasteiger partial charge in [-0.05, 0) is 24.6 Å². The van der Waals surface area contributed by atoms with E-state index in [1.807, 2.05) is 13.0 Å². The van der Waals surface area contributed by atoms with Gasteiger partial charge in [0.15, 0.2) is 0 Å². The van der Waals surface area contributed by atoms with Crippen molar-refractivity contribution in [1.82, 2.24) is 19.7 Å². The molecule has 0 N–H and O–H groups in total. The van der Waals surface area contributed by atoms with E-state index in [1.54, 1.807) is 35.1 Å². The molecule has 0 saturated carbocycles. The minimum Gasteiger partial charge on any atom is -0.339 e. The summed E-state index contributed by atoms with van der Waals surface area (Å²) in [4.78, 5) is 17.7. The molecule has 2 rings (SSSR count). The second-order valence-corrected chi connectivity index (χ2v) is 5.60. The Morgan fingerprint density at radius 2 is 2.19 bits per heavy atom. The van der Waals surface area contributed by atoms with E-state index < -0.39 is 0 Å². The predicted octanol–water partition coefficient (Wildman–Crippen LogP) is 3.19. The first-order valence-corrected chi connectivity index (χ1v) is 7.27. The maximum atomic E-state index is 12.2. The lowest BCUT2D eigenvalue weighted by molar-refractivity contribution is -0.132. The summed E-state index contributed by atoms with van der Waals surface area (Å²) in [6, 6.07) is 5.17. The van der Waals surface area contributed by atoms with Crippen LogP contribution < -0.4 is 0 Å². The molecule has 0 unspecified atom stereocenters. The van der Waals surface area contributed by atoms with Crippen molar-refractivity contribution < 1.29 is 4.79 Å². The summed E-state index contributed by atoms with van der Waals surface area (Å²) in [6.45, 7) is 2.44. The van der Waals surface area contributed by atoms with Gasteiger partial charge in [-0.3, -0.25) is 9.48 Å². The fourth-order valence-electron chi connectivity index (χ4n) is 2.00. The molecule has 1 atom stereocenters. The number of hydrogen-bond acceptors (Lipinski definition) is 3. The van der Waals surface area contributed by atoms with E-state index in [2.05, 4.69) is 10.1 Å². The number of aromatic nitrogens is 3. The highest BCUT2D eigenvalue weighted by Gasteiger charge is 2.19. The maximum Gasteiger partial charge on any atom is 0.224 e. The number of rotatable bonds is 5. The number of nitrogens with zero attached hydrogens (tertiary/aromatic N) is 4. The van der Waals surface area contributed by atoms with Gasteiger partial charge in [-0.25, -0.2) is 4.98 Å². The molecule has 1 aromatic carbocycles. The third-order valence-corrected chi connectivity index (χ3v) is 3.97. The lowest BCUT2D eigenvalue weighted by Gasteiger charge is -2.26. The van der Waals surface area contributed by atoms with E-state index in [4.69, 9.17) is 23.2 Å². The molecule has 2 aromatic rings. The fourth-order valence-corrected chi connectivity index (χ4v) is 2.57. The van der Waals surface area contributed by atoms with Crippen molar-refractivity contribution in [2.45, 2.75) is 25.9 Å². The number of carbonyl (C=O) groups excluding carboxylic acids is 1. The van der Waals surface area contributed by atoms with Crippen molar-refractivity contribution >= 4 is 29.1 Å². The Morgan fingerprint density at radius 3 is 2.81 bits per heavy atom. The minimum absolute atomic E-state index is 0.0176. The van der Waals surface area contributed by atoms with Crippen molar-refractivity contribution in [3.05, 3.63) is 46.5 Å². The highest BCUT2D eigenvalue weighted by Crippen LogP contribution is 2.29. The highest BCUT2D eigenvalue weighted by molar-refractivity contribution is 6.35. The molecule has 0 aliphatic rings. The summed E-state index contributed by atoms with van der Waals surface area (Å²) < 4.78 is 1.63. The van der Waals surface area contributed by atoms with Gasteiger partial charge in [-0.15, -0.1) is 0 Å². The molecule has 1 heterocycles. The monoisotopic (exact) mass is 326 g/mol. The Balaban J connectivity index is 2.00. The van der Waals surface area contributed by atoms with Gasteiger partial charge in [-0.2, -0.15) is 5.10 Å². The molecule has 1 aromatic heterocycles. The zero-order valence-electron chi connectivity index (χ0n) is 11.8. The van der Waals surface area contributed by atoms with Crippen molar-refractivity contribution in [1.29, 1.82) is 0 Å². The van der Waals surface area contributed by atoms with Crippen LogP contribution >= 0.6 is 23.2 Å². The van der Waals surface area contributed by atoms with Gasteiger partial charge < -0.3 is 4.90 Å². The van der Waals surface area contributed by atoms with E-state index in [-0.39, 0.29) is 11.9 Å². The Morgan fingerprint density at radius 1 is 1.43 bits per heavy atom. The molecule has 5 nitrogen and oxygen atoms in total. The largest absolute Gasteiger partial charge is 0.339 e. The van der Waals surface area contributed by atoms with E-state index in [0.717, 1.165) is 5.56 Å². The summed E-state index contributed by atoms with van der Waals surface area (Å²) in [5.41, 5.74) is 0.873. The number of amides is 1. The first kappa shape index (κ1) is 15.8. The molecular formula is C14H16Cl2N4O. The highest BCUT2D eigenvalue weighted by atomic mass is 35.5.